The summed E-state index contributed by atoms with van der Waals surface area (Å²) < 4.78 is 0. The predicted molar refractivity (Wildman–Crippen MR) is 104 cm³/mol. The first kappa shape index (κ1) is 19.1. The van der Waals surface area contributed by atoms with Crippen molar-refractivity contribution < 1.29 is 14.7 Å². The zero-order valence-corrected chi connectivity index (χ0v) is 15.4. The molecule has 27 heavy (non-hydrogen) atoms. The Hall–Kier alpha value is -2.66. The van der Waals surface area contributed by atoms with Gasteiger partial charge in [0, 0.05) is 19.5 Å². The van der Waals surface area contributed by atoms with Crippen LogP contribution in [0.5, 0.6) is 0 Å². The van der Waals surface area contributed by atoms with Gasteiger partial charge in [-0.05, 0) is 24.0 Å². The lowest BCUT2D eigenvalue weighted by molar-refractivity contribution is -0.129. The van der Waals surface area contributed by atoms with Crippen LogP contribution >= 0.6 is 0 Å². The van der Waals surface area contributed by atoms with Crippen LogP contribution in [0.25, 0.3) is 0 Å². The van der Waals surface area contributed by atoms with Crippen LogP contribution in [0.3, 0.4) is 0 Å². The number of aliphatic hydroxyl groups is 1. The lowest BCUT2D eigenvalue weighted by Crippen LogP contribution is -2.43. The van der Waals surface area contributed by atoms with Crippen molar-refractivity contribution in [2.45, 2.75) is 25.3 Å². The third-order valence-corrected chi connectivity index (χ3v) is 4.99. The summed E-state index contributed by atoms with van der Waals surface area (Å²) in [7, 11) is 0. The van der Waals surface area contributed by atoms with Crippen LogP contribution in [0, 0.1) is 5.92 Å². The summed E-state index contributed by atoms with van der Waals surface area (Å²) in [5, 5.41) is 12.5. The molecule has 2 N–H and O–H groups in total. The number of carbonyl (C=O) groups excluding carboxylic acids is 2. The summed E-state index contributed by atoms with van der Waals surface area (Å²) in [6.07, 6.45) is 1.60. The fourth-order valence-corrected chi connectivity index (χ4v) is 3.45. The maximum Gasteiger partial charge on any atom is 0.225 e. The predicted octanol–water partition coefficient (Wildman–Crippen LogP) is 1.80. The van der Waals surface area contributed by atoms with Crippen molar-refractivity contribution in [3.63, 3.8) is 0 Å². The van der Waals surface area contributed by atoms with E-state index < -0.39 is 0 Å². The Kier molecular flexibility index (Phi) is 6.60. The van der Waals surface area contributed by atoms with Gasteiger partial charge >= 0.3 is 0 Å². The van der Waals surface area contributed by atoms with Gasteiger partial charge in [0.15, 0.2) is 0 Å². The van der Waals surface area contributed by atoms with Gasteiger partial charge in [-0.15, -0.1) is 0 Å². The van der Waals surface area contributed by atoms with E-state index in [4.69, 9.17) is 0 Å². The molecule has 2 amide bonds. The molecular weight excluding hydrogens is 340 g/mol. The van der Waals surface area contributed by atoms with Crippen LogP contribution in [0.15, 0.2) is 60.7 Å². The van der Waals surface area contributed by atoms with Gasteiger partial charge in [0.2, 0.25) is 11.8 Å². The van der Waals surface area contributed by atoms with Gasteiger partial charge in [-0.1, -0.05) is 60.7 Å². The third kappa shape index (κ3) is 5.41. The average molecular weight is 366 g/mol. The number of rotatable bonds is 8. The van der Waals surface area contributed by atoms with Gasteiger partial charge in [0.05, 0.1) is 18.6 Å². The number of benzene rings is 2. The van der Waals surface area contributed by atoms with Gasteiger partial charge in [0.25, 0.3) is 0 Å². The number of aliphatic hydroxyl groups excluding tert-OH is 1. The number of nitrogens with one attached hydrogen (secondary N) is 1. The van der Waals surface area contributed by atoms with Gasteiger partial charge in [-0.2, -0.15) is 0 Å². The molecule has 5 nitrogen and oxygen atoms in total. The van der Waals surface area contributed by atoms with Gasteiger partial charge in [-0.25, -0.2) is 0 Å². The summed E-state index contributed by atoms with van der Waals surface area (Å²) >= 11 is 0. The maximum absolute atomic E-state index is 12.6. The maximum atomic E-state index is 12.6. The number of nitrogens with zero attached hydrogens (tertiary/aromatic N) is 1. The molecule has 0 aromatic heterocycles. The average Bonchev–Trinajstić information content (AvgIpc) is 3.08. The molecule has 1 heterocycles. The molecule has 1 aliphatic heterocycles. The molecule has 2 unspecified atom stereocenters. The van der Waals surface area contributed by atoms with E-state index in [1.54, 1.807) is 4.90 Å². The van der Waals surface area contributed by atoms with Crippen molar-refractivity contribution >= 4 is 11.8 Å². The Morgan fingerprint density at radius 1 is 1.07 bits per heavy atom. The SMILES string of the molecule is O=C(NC(CO)Cc1ccccc1)C1CC(=O)N(CCc2ccccc2)C1. The zero-order valence-electron chi connectivity index (χ0n) is 15.4. The minimum Gasteiger partial charge on any atom is -0.394 e. The molecule has 0 spiro atoms. The highest BCUT2D eigenvalue weighted by atomic mass is 16.3. The van der Waals surface area contributed by atoms with Gasteiger partial charge < -0.3 is 15.3 Å². The highest BCUT2D eigenvalue weighted by Crippen LogP contribution is 2.19. The fourth-order valence-electron chi connectivity index (χ4n) is 3.45. The van der Waals surface area contributed by atoms with Crippen molar-refractivity contribution in [3.8, 4) is 0 Å². The van der Waals surface area contributed by atoms with Crippen LogP contribution in [0.2, 0.25) is 0 Å². The highest BCUT2D eigenvalue weighted by molar-refractivity contribution is 5.89. The molecule has 0 aliphatic carbocycles. The van der Waals surface area contributed by atoms with Crippen molar-refractivity contribution in [2.24, 2.45) is 5.92 Å². The third-order valence-electron chi connectivity index (χ3n) is 4.99. The van der Waals surface area contributed by atoms with Crippen molar-refractivity contribution in [3.05, 3.63) is 71.8 Å². The Balaban J connectivity index is 1.50. The number of hydrogen-bond acceptors (Lipinski definition) is 3. The lowest BCUT2D eigenvalue weighted by atomic mass is 10.0. The fraction of sp³-hybridized carbons (Fsp3) is 0.364. The molecule has 2 atom stereocenters. The number of hydrogen-bond donors (Lipinski definition) is 2. The van der Waals surface area contributed by atoms with Crippen LogP contribution in [-0.4, -0.2) is 47.6 Å². The van der Waals surface area contributed by atoms with E-state index in [9.17, 15) is 14.7 Å². The molecule has 1 aliphatic rings. The quantitative estimate of drug-likeness (QED) is 0.748. The van der Waals surface area contributed by atoms with Gasteiger partial charge in [-0.3, -0.25) is 9.59 Å². The van der Waals surface area contributed by atoms with Crippen LogP contribution in [0.4, 0.5) is 0 Å². The number of likely N-dealkylation sites (tertiary alicyclic amines) is 1. The summed E-state index contributed by atoms with van der Waals surface area (Å²) in [6.45, 7) is 0.945. The van der Waals surface area contributed by atoms with Crippen LogP contribution < -0.4 is 5.32 Å². The number of carbonyl (C=O) groups is 2. The van der Waals surface area contributed by atoms with E-state index in [2.05, 4.69) is 5.32 Å². The molecule has 0 saturated carbocycles. The molecule has 0 bridgehead atoms. The second kappa shape index (κ2) is 9.33. The second-order valence-corrected chi connectivity index (χ2v) is 7.05. The Morgan fingerprint density at radius 3 is 2.33 bits per heavy atom. The smallest absolute Gasteiger partial charge is 0.225 e. The Bertz CT molecular complexity index is 749. The monoisotopic (exact) mass is 366 g/mol. The summed E-state index contributed by atoms with van der Waals surface area (Å²) in [5.41, 5.74) is 2.24. The van der Waals surface area contributed by atoms with Crippen LogP contribution in [0.1, 0.15) is 17.5 Å². The highest BCUT2D eigenvalue weighted by Gasteiger charge is 2.34. The van der Waals surface area contributed by atoms with Gasteiger partial charge in [0.1, 0.15) is 0 Å². The van der Waals surface area contributed by atoms with E-state index in [1.165, 1.54) is 5.56 Å². The largest absolute Gasteiger partial charge is 0.394 e. The topological polar surface area (TPSA) is 69.6 Å². The summed E-state index contributed by atoms with van der Waals surface area (Å²) in [5.74, 6) is -0.478. The molecule has 0 radical (unpaired) electrons. The normalized spacial score (nSPS) is 17.7. The van der Waals surface area contributed by atoms with E-state index in [-0.39, 0.29) is 36.8 Å². The van der Waals surface area contributed by atoms with E-state index in [0.717, 1.165) is 12.0 Å². The van der Waals surface area contributed by atoms with Crippen LogP contribution in [-0.2, 0) is 22.4 Å². The standard InChI is InChI=1S/C22H26N2O3/c25-16-20(13-18-9-5-2-6-10-18)23-22(27)19-14-21(26)24(15-19)12-11-17-7-3-1-4-8-17/h1-10,19-20,25H,11-16H2,(H,23,27). The van der Waals surface area contributed by atoms with Crippen molar-refractivity contribution in [1.29, 1.82) is 0 Å². The first-order valence-corrected chi connectivity index (χ1v) is 9.42. The Morgan fingerprint density at radius 2 is 1.70 bits per heavy atom. The second-order valence-electron chi connectivity index (χ2n) is 7.05. The first-order valence-electron chi connectivity index (χ1n) is 9.42. The molecule has 1 fully saturated rings. The molecular formula is C22H26N2O3. The molecule has 5 heteroatoms. The van der Waals surface area contributed by atoms with Crippen molar-refractivity contribution in [1.82, 2.24) is 10.2 Å². The molecule has 1 saturated heterocycles. The first-order chi connectivity index (χ1) is 13.2. The molecule has 3 rings (SSSR count). The molecule has 2 aromatic rings. The van der Waals surface area contributed by atoms with E-state index in [1.807, 2.05) is 60.7 Å². The summed E-state index contributed by atoms with van der Waals surface area (Å²) in [4.78, 5) is 26.6. The molecule has 2 aromatic carbocycles. The zero-order chi connectivity index (χ0) is 19.1. The lowest BCUT2D eigenvalue weighted by Gasteiger charge is -2.20. The van der Waals surface area contributed by atoms with E-state index >= 15 is 0 Å². The summed E-state index contributed by atoms with van der Waals surface area (Å²) in [6, 6.07) is 19.4. The minimum atomic E-state index is -0.349. The minimum absolute atomic E-state index is 0.0229. The van der Waals surface area contributed by atoms with Crippen molar-refractivity contribution in [2.75, 3.05) is 19.7 Å². The number of amides is 2. The Labute approximate surface area is 160 Å². The van der Waals surface area contributed by atoms with E-state index in [0.29, 0.717) is 19.5 Å². The molecule has 142 valence electrons.